The molecule has 2 aliphatic rings. The summed E-state index contributed by atoms with van der Waals surface area (Å²) in [6.07, 6.45) is 9.97. The molecule has 0 bridgehead atoms. The Balaban J connectivity index is 1.95. The Morgan fingerprint density at radius 2 is 2.33 bits per heavy atom. The highest BCUT2D eigenvalue weighted by Crippen LogP contribution is 2.30. The van der Waals surface area contributed by atoms with Gasteiger partial charge in [-0.05, 0) is 45.3 Å². The Labute approximate surface area is 120 Å². The maximum atomic E-state index is 4.99. The molecule has 2 fully saturated rings. The molecule has 1 N–H and O–H groups in total. The SMILES string of the molecule is CCC1(C)CCSC(=NC2CCCC(SC)C2)N1. The molecule has 0 radical (unpaired) electrons. The average Bonchev–Trinajstić information content (AvgIpc) is 2.39. The van der Waals surface area contributed by atoms with Crippen LogP contribution in [0.25, 0.3) is 0 Å². The fourth-order valence-electron chi connectivity index (χ4n) is 2.68. The first-order valence-electron chi connectivity index (χ1n) is 7.17. The average molecular weight is 287 g/mol. The molecule has 2 nitrogen and oxygen atoms in total. The minimum atomic E-state index is 0.275. The zero-order chi connectivity index (χ0) is 13.0. The van der Waals surface area contributed by atoms with Crippen molar-refractivity contribution in [3.05, 3.63) is 0 Å². The molecule has 18 heavy (non-hydrogen) atoms. The topological polar surface area (TPSA) is 24.4 Å². The first-order chi connectivity index (χ1) is 8.65. The van der Waals surface area contributed by atoms with Gasteiger partial charge in [0.15, 0.2) is 5.17 Å². The Kier molecular flexibility index (Phi) is 5.31. The molecule has 104 valence electrons. The minimum Gasteiger partial charge on any atom is -0.360 e. The van der Waals surface area contributed by atoms with Crippen molar-refractivity contribution in [3.63, 3.8) is 0 Å². The third kappa shape index (κ3) is 3.83. The molecule has 0 aromatic rings. The minimum absolute atomic E-state index is 0.275. The molecule has 1 saturated carbocycles. The summed E-state index contributed by atoms with van der Waals surface area (Å²) in [7, 11) is 0. The van der Waals surface area contributed by atoms with Crippen LogP contribution in [0.3, 0.4) is 0 Å². The monoisotopic (exact) mass is 286 g/mol. The first-order valence-corrected chi connectivity index (χ1v) is 9.44. The molecule has 0 spiro atoms. The van der Waals surface area contributed by atoms with Crippen LogP contribution in [0.15, 0.2) is 4.99 Å². The van der Waals surface area contributed by atoms with E-state index in [2.05, 4.69) is 25.4 Å². The molecular formula is C14H26N2S2. The Bertz CT molecular complexity index is 306. The highest BCUT2D eigenvalue weighted by Gasteiger charge is 2.29. The number of hydrogen-bond acceptors (Lipinski definition) is 3. The van der Waals surface area contributed by atoms with Crippen LogP contribution >= 0.6 is 23.5 Å². The van der Waals surface area contributed by atoms with Crippen molar-refractivity contribution in [2.45, 2.75) is 69.2 Å². The summed E-state index contributed by atoms with van der Waals surface area (Å²) in [5, 5.41) is 5.70. The summed E-state index contributed by atoms with van der Waals surface area (Å²) in [6.45, 7) is 4.60. The zero-order valence-electron chi connectivity index (χ0n) is 11.9. The van der Waals surface area contributed by atoms with Crippen LogP contribution in [0, 0.1) is 0 Å². The molecule has 0 amide bonds. The lowest BCUT2D eigenvalue weighted by Gasteiger charge is -2.36. The van der Waals surface area contributed by atoms with Gasteiger partial charge in [-0.25, -0.2) is 0 Å². The van der Waals surface area contributed by atoms with E-state index in [1.807, 2.05) is 23.5 Å². The third-order valence-corrected chi connectivity index (χ3v) is 6.30. The molecule has 3 unspecified atom stereocenters. The highest BCUT2D eigenvalue weighted by atomic mass is 32.2. The van der Waals surface area contributed by atoms with Crippen molar-refractivity contribution in [1.29, 1.82) is 0 Å². The lowest BCUT2D eigenvalue weighted by Crippen LogP contribution is -2.48. The van der Waals surface area contributed by atoms with Gasteiger partial charge in [0.05, 0.1) is 6.04 Å². The number of thioether (sulfide) groups is 2. The molecule has 1 saturated heterocycles. The molecule has 3 atom stereocenters. The van der Waals surface area contributed by atoms with Gasteiger partial charge in [0.25, 0.3) is 0 Å². The summed E-state index contributed by atoms with van der Waals surface area (Å²) in [6, 6.07) is 0.561. The molecule has 1 aliphatic heterocycles. The number of rotatable bonds is 3. The summed E-state index contributed by atoms with van der Waals surface area (Å²) in [5.74, 6) is 1.22. The normalized spacial score (nSPS) is 39.6. The Morgan fingerprint density at radius 1 is 1.50 bits per heavy atom. The summed E-state index contributed by atoms with van der Waals surface area (Å²) in [4.78, 5) is 4.99. The molecule has 2 rings (SSSR count). The van der Waals surface area contributed by atoms with Gasteiger partial charge >= 0.3 is 0 Å². The van der Waals surface area contributed by atoms with Crippen molar-refractivity contribution in [2.24, 2.45) is 4.99 Å². The van der Waals surface area contributed by atoms with Crippen LogP contribution in [0.4, 0.5) is 0 Å². The van der Waals surface area contributed by atoms with Crippen LogP contribution in [0.2, 0.25) is 0 Å². The van der Waals surface area contributed by atoms with Crippen LogP contribution < -0.4 is 5.32 Å². The smallest absolute Gasteiger partial charge is 0.157 e. The van der Waals surface area contributed by atoms with Gasteiger partial charge in [0.1, 0.15) is 0 Å². The van der Waals surface area contributed by atoms with Gasteiger partial charge in [-0.1, -0.05) is 25.1 Å². The van der Waals surface area contributed by atoms with Crippen LogP contribution in [0.1, 0.15) is 52.4 Å². The standard InChI is InChI=1S/C14H26N2S2/c1-4-14(2)8-9-18-13(16-14)15-11-6-5-7-12(10-11)17-3/h11-12H,4-10H2,1-3H3,(H,15,16). The number of amidine groups is 1. The van der Waals surface area contributed by atoms with Crippen molar-refractivity contribution >= 4 is 28.7 Å². The Morgan fingerprint density at radius 3 is 3.06 bits per heavy atom. The molecule has 0 aromatic heterocycles. The van der Waals surface area contributed by atoms with E-state index in [-0.39, 0.29) is 5.54 Å². The quantitative estimate of drug-likeness (QED) is 0.851. The summed E-state index contributed by atoms with van der Waals surface area (Å²) in [5.41, 5.74) is 0.275. The zero-order valence-corrected chi connectivity index (χ0v) is 13.5. The van der Waals surface area contributed by atoms with Crippen LogP contribution in [0.5, 0.6) is 0 Å². The fourth-order valence-corrected chi connectivity index (χ4v) is 4.79. The lowest BCUT2D eigenvalue weighted by molar-refractivity contribution is 0.386. The maximum Gasteiger partial charge on any atom is 0.157 e. The van der Waals surface area contributed by atoms with E-state index < -0.39 is 0 Å². The molecule has 1 heterocycles. The largest absolute Gasteiger partial charge is 0.360 e. The molecular weight excluding hydrogens is 260 g/mol. The summed E-state index contributed by atoms with van der Waals surface area (Å²) >= 11 is 3.93. The van der Waals surface area contributed by atoms with Crippen molar-refractivity contribution in [2.75, 3.05) is 12.0 Å². The number of nitrogens with zero attached hydrogens (tertiary/aromatic N) is 1. The van der Waals surface area contributed by atoms with E-state index >= 15 is 0 Å². The van der Waals surface area contributed by atoms with Crippen molar-refractivity contribution in [3.8, 4) is 0 Å². The third-order valence-electron chi connectivity index (χ3n) is 4.31. The predicted molar refractivity (Wildman–Crippen MR) is 85.9 cm³/mol. The predicted octanol–water partition coefficient (Wildman–Crippen LogP) is 3.91. The second kappa shape index (κ2) is 6.56. The van der Waals surface area contributed by atoms with E-state index in [4.69, 9.17) is 4.99 Å². The second-order valence-electron chi connectivity index (χ2n) is 5.75. The molecule has 4 heteroatoms. The van der Waals surface area contributed by atoms with Gasteiger partial charge in [0, 0.05) is 16.5 Å². The van der Waals surface area contributed by atoms with Gasteiger partial charge in [-0.15, -0.1) is 0 Å². The van der Waals surface area contributed by atoms with E-state index in [9.17, 15) is 0 Å². The Hall–Kier alpha value is 0.170. The summed E-state index contributed by atoms with van der Waals surface area (Å²) < 4.78 is 0. The fraction of sp³-hybridized carbons (Fsp3) is 0.929. The van der Waals surface area contributed by atoms with Crippen LogP contribution in [-0.2, 0) is 0 Å². The van der Waals surface area contributed by atoms with E-state index in [1.165, 1.54) is 49.4 Å². The molecule has 1 aliphatic carbocycles. The number of hydrogen-bond donors (Lipinski definition) is 1. The van der Waals surface area contributed by atoms with E-state index in [1.54, 1.807) is 0 Å². The first kappa shape index (κ1) is 14.6. The van der Waals surface area contributed by atoms with Crippen molar-refractivity contribution in [1.82, 2.24) is 5.32 Å². The lowest BCUT2D eigenvalue weighted by atomic mass is 9.95. The second-order valence-corrected chi connectivity index (χ2v) is 7.97. The number of aliphatic imine (C=N–C) groups is 1. The van der Waals surface area contributed by atoms with E-state index in [0.29, 0.717) is 6.04 Å². The van der Waals surface area contributed by atoms with Gasteiger partial charge in [-0.2, -0.15) is 11.8 Å². The highest BCUT2D eigenvalue weighted by molar-refractivity contribution is 8.13. The van der Waals surface area contributed by atoms with E-state index in [0.717, 1.165) is 5.25 Å². The van der Waals surface area contributed by atoms with Crippen molar-refractivity contribution < 1.29 is 0 Å². The van der Waals surface area contributed by atoms with Crippen LogP contribution in [-0.4, -0.2) is 34.0 Å². The van der Waals surface area contributed by atoms with Gasteiger partial charge in [-0.3, -0.25) is 4.99 Å². The number of nitrogens with one attached hydrogen (secondary N) is 1. The van der Waals surface area contributed by atoms with Gasteiger partial charge in [0.2, 0.25) is 0 Å². The molecule has 0 aromatic carbocycles. The maximum absolute atomic E-state index is 4.99. The van der Waals surface area contributed by atoms with Gasteiger partial charge < -0.3 is 5.32 Å².